The first-order valence-electron chi connectivity index (χ1n) is 8.90. The molecule has 2 aliphatic rings. The molecule has 1 spiro atoms. The van der Waals surface area contributed by atoms with Crippen molar-refractivity contribution in [3.63, 3.8) is 0 Å². The molecular weight excluding hydrogens is 360 g/mol. The number of hydrogen-bond donors (Lipinski definition) is 3. The van der Waals surface area contributed by atoms with E-state index in [1.807, 2.05) is 18.2 Å². The normalized spacial score (nSPS) is 22.2. The zero-order chi connectivity index (χ0) is 18.1. The van der Waals surface area contributed by atoms with Crippen molar-refractivity contribution in [2.45, 2.75) is 38.0 Å². The van der Waals surface area contributed by atoms with Crippen LogP contribution in [0.3, 0.4) is 0 Å². The van der Waals surface area contributed by atoms with E-state index in [4.69, 9.17) is 10.7 Å². The number of hydrogen-bond acceptors (Lipinski definition) is 5. The lowest BCUT2D eigenvalue weighted by molar-refractivity contribution is -0.391. The number of rotatable bonds is 2. The molecule has 1 aliphatic heterocycles. The summed E-state index contributed by atoms with van der Waals surface area (Å²) in [5, 5.41) is 13.5. The van der Waals surface area contributed by atoms with E-state index in [0.717, 1.165) is 47.5 Å². The Morgan fingerprint density at radius 3 is 2.65 bits per heavy atom. The van der Waals surface area contributed by atoms with Crippen molar-refractivity contribution in [3.05, 3.63) is 51.3 Å². The number of nitrogens with zero attached hydrogens (tertiary/aromatic N) is 2. The lowest BCUT2D eigenvalue weighted by Crippen LogP contribution is -2.77. The number of nitrogens with one attached hydrogen (secondary N) is 1. The third-order valence-corrected chi connectivity index (χ3v) is 6.80. The summed E-state index contributed by atoms with van der Waals surface area (Å²) < 4.78 is 0. The SMILES string of the molecule is N#CC1=C(S)[NH+]=C(N)[C@H](c2nc(-c3ccccc3)cs2)C12CCCCC2. The predicted octanol–water partition coefficient (Wildman–Crippen LogP) is 2.96. The van der Waals surface area contributed by atoms with Gasteiger partial charge in [-0.1, -0.05) is 49.6 Å². The number of benzene rings is 1. The van der Waals surface area contributed by atoms with Crippen LogP contribution < -0.4 is 10.7 Å². The molecule has 3 N–H and O–H groups in total. The molecule has 4 rings (SSSR count). The van der Waals surface area contributed by atoms with Crippen LogP contribution in [0.1, 0.15) is 43.0 Å². The Labute approximate surface area is 162 Å². The van der Waals surface area contributed by atoms with E-state index >= 15 is 0 Å². The number of aromatic nitrogens is 1. The van der Waals surface area contributed by atoms with E-state index in [1.54, 1.807) is 11.3 Å². The van der Waals surface area contributed by atoms with Gasteiger partial charge in [-0.3, -0.25) is 5.73 Å². The highest BCUT2D eigenvalue weighted by atomic mass is 32.1. The number of nitriles is 1. The van der Waals surface area contributed by atoms with Gasteiger partial charge < -0.3 is 0 Å². The van der Waals surface area contributed by atoms with Crippen LogP contribution in [0.15, 0.2) is 46.3 Å². The fourth-order valence-corrected chi connectivity index (χ4v) is 5.83. The second-order valence-corrected chi connectivity index (χ2v) is 8.34. The Hall–Kier alpha value is -2.10. The Morgan fingerprint density at radius 2 is 1.96 bits per heavy atom. The second-order valence-electron chi connectivity index (χ2n) is 7.00. The molecule has 1 aromatic heterocycles. The first-order valence-corrected chi connectivity index (χ1v) is 10.2. The van der Waals surface area contributed by atoms with E-state index in [2.05, 4.69) is 41.2 Å². The van der Waals surface area contributed by atoms with Crippen LogP contribution in [0.4, 0.5) is 0 Å². The second kappa shape index (κ2) is 6.90. The van der Waals surface area contributed by atoms with Crippen molar-refractivity contribution in [1.82, 2.24) is 4.98 Å². The van der Waals surface area contributed by atoms with Crippen LogP contribution in [-0.4, -0.2) is 10.8 Å². The van der Waals surface area contributed by atoms with Crippen molar-refractivity contribution in [3.8, 4) is 17.3 Å². The minimum atomic E-state index is -0.286. The van der Waals surface area contributed by atoms with Gasteiger partial charge in [-0.15, -0.1) is 24.0 Å². The average Bonchev–Trinajstić information content (AvgIpc) is 3.12. The molecule has 0 unspecified atom stereocenters. The van der Waals surface area contributed by atoms with E-state index in [9.17, 15) is 5.26 Å². The molecule has 26 heavy (non-hydrogen) atoms. The fraction of sp³-hybridized carbons (Fsp3) is 0.350. The minimum absolute atomic E-state index is 0.0872. The molecule has 6 heteroatoms. The number of amidine groups is 1. The molecule has 2 aromatic rings. The highest BCUT2D eigenvalue weighted by Crippen LogP contribution is 2.54. The largest absolute Gasteiger partial charge is 0.290 e. The highest BCUT2D eigenvalue weighted by molar-refractivity contribution is 7.84. The molecule has 1 atom stereocenters. The van der Waals surface area contributed by atoms with E-state index in [0.29, 0.717) is 10.9 Å². The average molecular weight is 382 g/mol. The molecular formula is C20H21N4S2+. The zero-order valence-electron chi connectivity index (χ0n) is 14.4. The van der Waals surface area contributed by atoms with Crippen molar-refractivity contribution in [1.29, 1.82) is 5.26 Å². The first kappa shape index (κ1) is 17.3. The lowest BCUT2D eigenvalue weighted by Gasteiger charge is -2.42. The number of allylic oxidation sites excluding steroid dienone is 1. The summed E-state index contributed by atoms with van der Waals surface area (Å²) in [6.45, 7) is 0. The van der Waals surface area contributed by atoms with Gasteiger partial charge in [0, 0.05) is 16.4 Å². The van der Waals surface area contributed by atoms with Crippen LogP contribution in [0.25, 0.3) is 11.3 Å². The monoisotopic (exact) mass is 381 g/mol. The summed E-state index contributed by atoms with van der Waals surface area (Å²) in [5.74, 6) is 0.570. The van der Waals surface area contributed by atoms with E-state index in [1.165, 1.54) is 6.42 Å². The van der Waals surface area contributed by atoms with E-state index in [-0.39, 0.29) is 11.3 Å². The standard InChI is InChI=1S/C20H20N4S2/c21-11-14-18(25)24-17(22)16(20(14)9-5-2-6-10-20)19-23-15(12-26-19)13-7-3-1-4-8-13/h1,3-4,7-8,12,16,25H,2,5-6,9-10H2,(H2,22,24)/p+1/t16-/m1/s1. The summed E-state index contributed by atoms with van der Waals surface area (Å²) in [6, 6.07) is 12.6. The van der Waals surface area contributed by atoms with Crippen molar-refractivity contribution in [2.24, 2.45) is 11.1 Å². The van der Waals surface area contributed by atoms with Gasteiger partial charge in [-0.25, -0.2) is 9.98 Å². The van der Waals surface area contributed by atoms with Crippen LogP contribution in [-0.2, 0) is 0 Å². The van der Waals surface area contributed by atoms with Gasteiger partial charge >= 0.3 is 0 Å². The summed E-state index contributed by atoms with van der Waals surface area (Å²) in [5.41, 5.74) is 8.96. The molecule has 1 fully saturated rings. The van der Waals surface area contributed by atoms with Crippen LogP contribution in [0.5, 0.6) is 0 Å². The van der Waals surface area contributed by atoms with E-state index < -0.39 is 0 Å². The Balaban J connectivity index is 1.81. The van der Waals surface area contributed by atoms with Gasteiger partial charge in [0.2, 0.25) is 0 Å². The van der Waals surface area contributed by atoms with Crippen molar-refractivity contribution < 1.29 is 4.99 Å². The molecule has 0 amide bonds. The quantitative estimate of drug-likeness (QED) is 0.700. The van der Waals surface area contributed by atoms with Crippen molar-refractivity contribution >= 4 is 29.8 Å². The van der Waals surface area contributed by atoms with Gasteiger partial charge in [0.25, 0.3) is 5.84 Å². The maximum atomic E-state index is 9.85. The molecule has 4 nitrogen and oxygen atoms in total. The summed E-state index contributed by atoms with van der Waals surface area (Å²) in [7, 11) is 0. The molecule has 0 radical (unpaired) electrons. The van der Waals surface area contributed by atoms with Gasteiger partial charge in [0.05, 0.1) is 11.3 Å². The molecule has 1 aromatic carbocycles. The van der Waals surface area contributed by atoms with Crippen LogP contribution in [0, 0.1) is 16.7 Å². The topological polar surface area (TPSA) is 76.7 Å². The minimum Gasteiger partial charge on any atom is -0.290 e. The zero-order valence-corrected chi connectivity index (χ0v) is 16.1. The summed E-state index contributed by atoms with van der Waals surface area (Å²) in [6.07, 6.45) is 5.32. The third-order valence-electron chi connectivity index (χ3n) is 5.56. The maximum absolute atomic E-state index is 9.85. The summed E-state index contributed by atoms with van der Waals surface area (Å²) in [4.78, 5) is 8.05. The number of thiazole rings is 1. The molecule has 1 aliphatic carbocycles. The smallest absolute Gasteiger partial charge is 0.257 e. The van der Waals surface area contributed by atoms with Crippen LogP contribution in [0.2, 0.25) is 0 Å². The number of thiol groups is 1. The summed E-state index contributed by atoms with van der Waals surface area (Å²) >= 11 is 6.15. The Kier molecular flexibility index (Phi) is 4.60. The fourth-order valence-electron chi connectivity index (χ4n) is 4.37. The van der Waals surface area contributed by atoms with Gasteiger partial charge in [-0.05, 0) is 12.8 Å². The van der Waals surface area contributed by atoms with Crippen molar-refractivity contribution in [2.75, 3.05) is 0 Å². The highest BCUT2D eigenvalue weighted by Gasteiger charge is 2.52. The Bertz CT molecular complexity index is 915. The molecule has 1 saturated carbocycles. The lowest BCUT2D eigenvalue weighted by atomic mass is 9.61. The Morgan fingerprint density at radius 1 is 1.23 bits per heavy atom. The van der Waals surface area contributed by atoms with Gasteiger partial charge in [-0.2, -0.15) is 5.26 Å². The molecule has 2 heterocycles. The van der Waals surface area contributed by atoms with Gasteiger partial charge in [0.15, 0.2) is 5.03 Å². The van der Waals surface area contributed by atoms with Gasteiger partial charge in [0.1, 0.15) is 17.0 Å². The maximum Gasteiger partial charge on any atom is 0.257 e. The molecule has 0 saturated heterocycles. The molecule has 132 valence electrons. The molecule has 0 bridgehead atoms. The predicted molar refractivity (Wildman–Crippen MR) is 108 cm³/mol. The van der Waals surface area contributed by atoms with Crippen LogP contribution >= 0.6 is 24.0 Å². The third kappa shape index (κ3) is 2.76. The number of nitrogens with two attached hydrogens (primary N) is 1. The first-order chi connectivity index (χ1) is 12.7.